The topological polar surface area (TPSA) is 95.9 Å². The van der Waals surface area contributed by atoms with E-state index >= 15 is 0 Å². The van der Waals surface area contributed by atoms with E-state index < -0.39 is 12.1 Å². The molecule has 0 aromatic rings. The first-order valence-electron chi connectivity index (χ1n) is 38.1. The maximum atomic E-state index is 12.5. The van der Waals surface area contributed by atoms with Crippen LogP contribution in [-0.2, 0) is 14.3 Å². The number of nitrogens with one attached hydrogen (secondary N) is 1. The summed E-state index contributed by atoms with van der Waals surface area (Å²) in [5.41, 5.74) is 0. The Labute approximate surface area is 520 Å². The Kier molecular flexibility index (Phi) is 71.4. The normalized spacial score (nSPS) is 12.6. The number of aliphatic hydroxyl groups is 2. The van der Waals surface area contributed by atoms with Gasteiger partial charge in [0.15, 0.2) is 0 Å². The third-order valence-corrected chi connectivity index (χ3v) is 18.0. The summed E-state index contributed by atoms with van der Waals surface area (Å²) in [7, 11) is 0. The first kappa shape index (κ1) is 81.3. The van der Waals surface area contributed by atoms with Crippen molar-refractivity contribution in [1.29, 1.82) is 0 Å². The number of amides is 1. The molecule has 6 nitrogen and oxygen atoms in total. The summed E-state index contributed by atoms with van der Waals surface area (Å²) >= 11 is 0. The Morgan fingerprint density at radius 1 is 0.337 bits per heavy atom. The van der Waals surface area contributed by atoms with Gasteiger partial charge in [-0.25, -0.2) is 0 Å². The summed E-state index contributed by atoms with van der Waals surface area (Å²) in [5, 5.41) is 23.3. The van der Waals surface area contributed by atoms with E-state index in [-0.39, 0.29) is 18.5 Å². The van der Waals surface area contributed by atoms with Crippen molar-refractivity contribution < 1.29 is 24.5 Å². The van der Waals surface area contributed by atoms with Crippen LogP contribution in [0.15, 0.2) is 24.3 Å². The van der Waals surface area contributed by atoms with Crippen LogP contribution in [0.3, 0.4) is 0 Å². The highest BCUT2D eigenvalue weighted by atomic mass is 16.5. The van der Waals surface area contributed by atoms with Crippen LogP contribution in [0.2, 0.25) is 0 Å². The maximum Gasteiger partial charge on any atom is 0.305 e. The van der Waals surface area contributed by atoms with Gasteiger partial charge in [-0.1, -0.05) is 385 Å². The van der Waals surface area contributed by atoms with Crippen molar-refractivity contribution in [3.63, 3.8) is 0 Å². The minimum absolute atomic E-state index is 0.0220. The lowest BCUT2D eigenvalue weighted by Gasteiger charge is -2.22. The third kappa shape index (κ3) is 69.3. The van der Waals surface area contributed by atoms with Gasteiger partial charge in [0.25, 0.3) is 0 Å². The second kappa shape index (κ2) is 72.8. The van der Waals surface area contributed by atoms with Crippen LogP contribution in [-0.4, -0.2) is 47.4 Å². The molecular formula is C77H149NO5. The van der Waals surface area contributed by atoms with Crippen molar-refractivity contribution in [3.05, 3.63) is 24.3 Å². The molecule has 83 heavy (non-hydrogen) atoms. The summed E-state index contributed by atoms with van der Waals surface area (Å²) in [5.74, 6) is -0.00822. The van der Waals surface area contributed by atoms with Gasteiger partial charge in [-0.3, -0.25) is 9.59 Å². The van der Waals surface area contributed by atoms with Crippen LogP contribution in [0.25, 0.3) is 0 Å². The van der Waals surface area contributed by atoms with Crippen molar-refractivity contribution in [3.8, 4) is 0 Å². The van der Waals surface area contributed by atoms with Crippen molar-refractivity contribution in [2.24, 2.45) is 0 Å². The fraction of sp³-hybridized carbons (Fsp3) is 0.922. The minimum atomic E-state index is -0.662. The lowest BCUT2D eigenvalue weighted by Crippen LogP contribution is -2.45. The minimum Gasteiger partial charge on any atom is -0.466 e. The molecule has 0 aromatic carbocycles. The molecule has 0 aliphatic carbocycles. The highest BCUT2D eigenvalue weighted by molar-refractivity contribution is 5.76. The predicted octanol–water partition coefficient (Wildman–Crippen LogP) is 24.9. The Morgan fingerprint density at radius 2 is 0.602 bits per heavy atom. The Balaban J connectivity index is 3.34. The molecule has 0 fully saturated rings. The van der Waals surface area contributed by atoms with E-state index in [1.54, 1.807) is 0 Å². The number of allylic oxidation sites excluding steroid dienone is 4. The standard InChI is InChI=1S/C77H149NO5/c1-3-5-7-9-11-13-15-17-18-19-40-43-47-51-55-59-63-67-71-77(82)83-72-68-64-60-56-52-48-44-41-38-36-34-32-30-28-26-24-22-20-21-23-25-27-29-31-33-35-37-39-42-46-50-54-58-62-66-70-76(81)78-74(73-79)75(80)69-65-61-57-53-49-45-16-14-12-10-8-6-4-2/h22,24,28,30,74-75,79-80H,3-21,23,25-27,29,31-73H2,1-2H3,(H,78,81)/b24-22-,30-28-. The van der Waals surface area contributed by atoms with Gasteiger partial charge in [0.1, 0.15) is 0 Å². The van der Waals surface area contributed by atoms with Crippen LogP contribution in [0.5, 0.6) is 0 Å². The largest absolute Gasteiger partial charge is 0.466 e. The lowest BCUT2D eigenvalue weighted by atomic mass is 10.0. The lowest BCUT2D eigenvalue weighted by molar-refractivity contribution is -0.143. The van der Waals surface area contributed by atoms with Crippen LogP contribution in [0.4, 0.5) is 0 Å². The zero-order chi connectivity index (χ0) is 59.9. The summed E-state index contributed by atoms with van der Waals surface area (Å²) in [4.78, 5) is 24.6. The van der Waals surface area contributed by atoms with Gasteiger partial charge in [-0.05, 0) is 57.8 Å². The highest BCUT2D eigenvalue weighted by Gasteiger charge is 2.20. The zero-order valence-corrected chi connectivity index (χ0v) is 56.5. The van der Waals surface area contributed by atoms with Crippen molar-refractivity contribution in [1.82, 2.24) is 5.32 Å². The Morgan fingerprint density at radius 3 is 0.916 bits per heavy atom. The third-order valence-electron chi connectivity index (χ3n) is 18.0. The number of carbonyl (C=O) groups excluding carboxylic acids is 2. The summed E-state index contributed by atoms with van der Waals surface area (Å²) < 4.78 is 5.51. The number of aliphatic hydroxyl groups excluding tert-OH is 2. The van der Waals surface area contributed by atoms with Gasteiger partial charge in [0, 0.05) is 12.8 Å². The molecule has 1 amide bonds. The van der Waals surface area contributed by atoms with Gasteiger partial charge in [0.2, 0.25) is 5.91 Å². The van der Waals surface area contributed by atoms with Gasteiger partial charge in [-0.2, -0.15) is 0 Å². The van der Waals surface area contributed by atoms with Crippen LogP contribution >= 0.6 is 0 Å². The van der Waals surface area contributed by atoms with Gasteiger partial charge in [0.05, 0.1) is 25.4 Å². The van der Waals surface area contributed by atoms with Crippen LogP contribution in [0.1, 0.15) is 431 Å². The second-order valence-electron chi connectivity index (χ2n) is 26.3. The average molecular weight is 1170 g/mol. The molecule has 492 valence electrons. The molecule has 0 aliphatic rings. The number of carbonyl (C=O) groups is 2. The van der Waals surface area contributed by atoms with E-state index in [1.807, 2.05) is 0 Å². The number of rotatable bonds is 72. The summed E-state index contributed by atoms with van der Waals surface area (Å²) in [6.45, 7) is 4.99. The van der Waals surface area contributed by atoms with Crippen molar-refractivity contribution in [2.45, 2.75) is 443 Å². The predicted molar refractivity (Wildman–Crippen MR) is 366 cm³/mol. The molecule has 0 saturated heterocycles. The molecule has 0 spiro atoms. The molecule has 6 heteroatoms. The quantitative estimate of drug-likeness (QED) is 0.0320. The molecule has 0 aromatic heterocycles. The fourth-order valence-electron chi connectivity index (χ4n) is 12.2. The summed E-state index contributed by atoms with van der Waals surface area (Å²) in [6, 6.07) is -0.539. The van der Waals surface area contributed by atoms with Gasteiger partial charge >= 0.3 is 5.97 Å². The molecule has 0 bridgehead atoms. The molecule has 3 N–H and O–H groups in total. The van der Waals surface area contributed by atoms with E-state index in [0.717, 1.165) is 44.9 Å². The molecule has 2 unspecified atom stereocenters. The van der Waals surface area contributed by atoms with Crippen LogP contribution in [0, 0.1) is 0 Å². The summed E-state index contributed by atoms with van der Waals surface area (Å²) in [6.07, 6.45) is 92.6. The molecule has 0 saturated carbocycles. The first-order chi connectivity index (χ1) is 41.0. The zero-order valence-electron chi connectivity index (χ0n) is 56.5. The van der Waals surface area contributed by atoms with E-state index in [2.05, 4.69) is 43.5 Å². The molecule has 0 heterocycles. The number of unbranched alkanes of at least 4 members (excludes halogenated alkanes) is 57. The van der Waals surface area contributed by atoms with E-state index in [0.29, 0.717) is 25.9 Å². The molecule has 2 atom stereocenters. The Bertz CT molecular complexity index is 1300. The molecule has 0 aliphatic heterocycles. The monoisotopic (exact) mass is 1170 g/mol. The smallest absolute Gasteiger partial charge is 0.305 e. The van der Waals surface area contributed by atoms with E-state index in [4.69, 9.17) is 4.74 Å². The van der Waals surface area contributed by atoms with E-state index in [1.165, 1.54) is 353 Å². The maximum absolute atomic E-state index is 12.5. The average Bonchev–Trinajstić information content (AvgIpc) is 3.49. The van der Waals surface area contributed by atoms with Gasteiger partial charge < -0.3 is 20.3 Å². The first-order valence-corrected chi connectivity index (χ1v) is 38.1. The highest BCUT2D eigenvalue weighted by Crippen LogP contribution is 2.20. The number of hydrogen-bond donors (Lipinski definition) is 3. The van der Waals surface area contributed by atoms with Crippen molar-refractivity contribution >= 4 is 11.9 Å². The van der Waals surface area contributed by atoms with Crippen LogP contribution < -0.4 is 5.32 Å². The number of esters is 1. The second-order valence-corrected chi connectivity index (χ2v) is 26.3. The Hall–Kier alpha value is -1.66. The van der Waals surface area contributed by atoms with Crippen molar-refractivity contribution in [2.75, 3.05) is 13.2 Å². The molecule has 0 rings (SSSR count). The number of hydrogen-bond acceptors (Lipinski definition) is 5. The molecular weight excluding hydrogens is 1020 g/mol. The fourth-order valence-corrected chi connectivity index (χ4v) is 12.2. The SMILES string of the molecule is CCCCCCCCCCCCCCCCCCCCC(=O)OCCCCCCCCCCCCC/C=C\C/C=C\CCCCCCCCCCCCCCCCCCCC(=O)NC(CO)C(O)CCCCCCCCCCCCCCC. The molecule has 0 radical (unpaired) electrons. The van der Waals surface area contributed by atoms with E-state index in [9.17, 15) is 19.8 Å². The number of ether oxygens (including phenoxy) is 1. The van der Waals surface area contributed by atoms with Gasteiger partial charge in [-0.15, -0.1) is 0 Å².